The van der Waals surface area contributed by atoms with Crippen molar-refractivity contribution < 1.29 is 0 Å². The van der Waals surface area contributed by atoms with Gasteiger partial charge in [-0.15, -0.1) is 0 Å². The first-order valence-electron chi connectivity index (χ1n) is 17.2. The first-order chi connectivity index (χ1) is 18.1. The van der Waals surface area contributed by atoms with E-state index in [1.807, 2.05) is 0 Å². The van der Waals surface area contributed by atoms with E-state index in [-0.39, 0.29) is 0 Å². The highest BCUT2D eigenvalue weighted by Crippen LogP contribution is 2.46. The summed E-state index contributed by atoms with van der Waals surface area (Å²) in [6.07, 6.45) is 27.9. The fourth-order valence-electron chi connectivity index (χ4n) is 8.86. The summed E-state index contributed by atoms with van der Waals surface area (Å²) in [7, 11) is 0. The number of rotatable bonds is 12. The second kappa shape index (κ2) is 15.1. The summed E-state index contributed by atoms with van der Waals surface area (Å²) in [5.74, 6) is 7.51. The zero-order valence-electron chi connectivity index (χ0n) is 25.4. The Morgan fingerprint density at radius 2 is 1.05 bits per heavy atom. The van der Waals surface area contributed by atoms with Crippen LogP contribution in [-0.2, 0) is 0 Å². The zero-order chi connectivity index (χ0) is 26.0. The molecular formula is C37H62. The average molecular weight is 507 g/mol. The van der Waals surface area contributed by atoms with E-state index in [1.165, 1.54) is 122 Å². The van der Waals surface area contributed by atoms with Crippen LogP contribution in [-0.4, -0.2) is 0 Å². The summed E-state index contributed by atoms with van der Waals surface area (Å²) in [5.41, 5.74) is 3.24. The Bertz CT molecular complexity index is 722. The van der Waals surface area contributed by atoms with E-state index < -0.39 is 0 Å². The third-order valence-electron chi connectivity index (χ3n) is 11.9. The van der Waals surface area contributed by atoms with Crippen molar-refractivity contribution in [3.63, 3.8) is 0 Å². The monoisotopic (exact) mass is 506 g/mol. The SMILES string of the molecule is CCCCCC1CCC(C(C)C2CCC(C(C)c3ccc(C4CCC(CCCC)CC4)cc3)CC2)CC1. The maximum Gasteiger partial charge on any atom is -0.0162 e. The Kier molecular flexibility index (Phi) is 11.9. The highest BCUT2D eigenvalue weighted by atomic mass is 14.4. The van der Waals surface area contributed by atoms with Crippen LogP contribution >= 0.6 is 0 Å². The summed E-state index contributed by atoms with van der Waals surface area (Å²) >= 11 is 0. The molecule has 0 heteroatoms. The second-order valence-electron chi connectivity index (χ2n) is 14.1. The Balaban J connectivity index is 1.18. The predicted octanol–water partition coefficient (Wildman–Crippen LogP) is 12.1. The van der Waals surface area contributed by atoms with Crippen molar-refractivity contribution in [3.05, 3.63) is 35.4 Å². The van der Waals surface area contributed by atoms with Crippen LogP contribution in [0.25, 0.3) is 0 Å². The van der Waals surface area contributed by atoms with E-state index in [1.54, 1.807) is 11.1 Å². The fraction of sp³-hybridized carbons (Fsp3) is 0.838. The molecule has 3 fully saturated rings. The average Bonchev–Trinajstić information content (AvgIpc) is 2.96. The molecule has 1 aromatic carbocycles. The molecule has 0 radical (unpaired) electrons. The molecule has 0 heterocycles. The van der Waals surface area contributed by atoms with Gasteiger partial charge in [-0.05, 0) is 123 Å². The Labute approximate surface area is 232 Å². The van der Waals surface area contributed by atoms with Crippen LogP contribution in [0.15, 0.2) is 24.3 Å². The minimum Gasteiger partial charge on any atom is -0.0654 e. The molecule has 3 saturated carbocycles. The highest BCUT2D eigenvalue weighted by Gasteiger charge is 2.33. The second-order valence-corrected chi connectivity index (χ2v) is 14.1. The van der Waals surface area contributed by atoms with Crippen LogP contribution in [0.4, 0.5) is 0 Å². The van der Waals surface area contributed by atoms with E-state index >= 15 is 0 Å². The normalized spacial score (nSPS) is 32.6. The maximum absolute atomic E-state index is 2.63. The predicted molar refractivity (Wildman–Crippen MR) is 163 cm³/mol. The number of benzene rings is 1. The molecular weight excluding hydrogens is 444 g/mol. The first kappa shape index (κ1) is 29.2. The number of hydrogen-bond donors (Lipinski definition) is 0. The lowest BCUT2D eigenvalue weighted by molar-refractivity contribution is 0.118. The van der Waals surface area contributed by atoms with Crippen molar-refractivity contribution in [2.24, 2.45) is 35.5 Å². The minimum absolute atomic E-state index is 0.730. The Hall–Kier alpha value is -0.780. The molecule has 2 atom stereocenters. The van der Waals surface area contributed by atoms with Gasteiger partial charge in [0.05, 0.1) is 0 Å². The van der Waals surface area contributed by atoms with E-state index in [9.17, 15) is 0 Å². The van der Waals surface area contributed by atoms with Crippen LogP contribution < -0.4 is 0 Å². The van der Waals surface area contributed by atoms with E-state index in [4.69, 9.17) is 0 Å². The molecule has 0 aliphatic heterocycles. The van der Waals surface area contributed by atoms with Gasteiger partial charge in [0.2, 0.25) is 0 Å². The summed E-state index contributed by atoms with van der Waals surface area (Å²) in [6, 6.07) is 10.0. The van der Waals surface area contributed by atoms with Gasteiger partial charge in [-0.2, -0.15) is 0 Å². The third kappa shape index (κ3) is 8.35. The molecule has 37 heavy (non-hydrogen) atoms. The molecule has 210 valence electrons. The van der Waals surface area contributed by atoms with Gasteiger partial charge in [0.15, 0.2) is 0 Å². The number of unbranched alkanes of at least 4 members (excludes halogenated alkanes) is 3. The van der Waals surface area contributed by atoms with Gasteiger partial charge in [-0.3, -0.25) is 0 Å². The van der Waals surface area contributed by atoms with Gasteiger partial charge >= 0.3 is 0 Å². The Morgan fingerprint density at radius 1 is 0.568 bits per heavy atom. The first-order valence-corrected chi connectivity index (χ1v) is 17.2. The summed E-state index contributed by atoms with van der Waals surface area (Å²) in [6.45, 7) is 9.83. The molecule has 4 rings (SSSR count). The van der Waals surface area contributed by atoms with Crippen molar-refractivity contribution in [1.82, 2.24) is 0 Å². The molecule has 3 aliphatic rings. The largest absolute Gasteiger partial charge is 0.0654 e. The quantitative estimate of drug-likeness (QED) is 0.247. The summed E-state index contributed by atoms with van der Waals surface area (Å²) in [4.78, 5) is 0. The van der Waals surface area contributed by atoms with Crippen LogP contribution in [0.1, 0.15) is 173 Å². The van der Waals surface area contributed by atoms with Crippen molar-refractivity contribution in [2.75, 3.05) is 0 Å². The molecule has 1 aromatic rings. The van der Waals surface area contributed by atoms with Crippen LogP contribution in [0.2, 0.25) is 0 Å². The molecule has 0 N–H and O–H groups in total. The van der Waals surface area contributed by atoms with Crippen LogP contribution in [0, 0.1) is 35.5 Å². The van der Waals surface area contributed by atoms with Gasteiger partial charge in [0.25, 0.3) is 0 Å². The Morgan fingerprint density at radius 3 is 1.62 bits per heavy atom. The van der Waals surface area contributed by atoms with Crippen LogP contribution in [0.5, 0.6) is 0 Å². The standard InChI is InChI=1S/C37H62/c1-5-7-9-11-31-12-16-32(17-13-31)28(3)33-20-22-34(23-21-33)29(4)35-24-26-37(27-25-35)36-18-14-30(15-19-36)10-8-6-2/h24-34,36H,5-23H2,1-4H3. The van der Waals surface area contributed by atoms with Crippen molar-refractivity contribution in [1.29, 1.82) is 0 Å². The topological polar surface area (TPSA) is 0 Å². The molecule has 0 saturated heterocycles. The molecule has 0 bridgehead atoms. The maximum atomic E-state index is 2.63. The molecule has 0 nitrogen and oxygen atoms in total. The zero-order valence-corrected chi connectivity index (χ0v) is 25.4. The smallest absolute Gasteiger partial charge is 0.0162 e. The minimum atomic E-state index is 0.730. The lowest BCUT2D eigenvalue weighted by Gasteiger charge is -2.40. The summed E-state index contributed by atoms with van der Waals surface area (Å²) < 4.78 is 0. The molecule has 0 aromatic heterocycles. The fourth-order valence-corrected chi connectivity index (χ4v) is 8.86. The lowest BCUT2D eigenvalue weighted by Crippen LogP contribution is -2.29. The molecule has 0 spiro atoms. The number of hydrogen-bond acceptors (Lipinski definition) is 0. The lowest BCUT2D eigenvalue weighted by atomic mass is 9.65. The van der Waals surface area contributed by atoms with Crippen molar-refractivity contribution >= 4 is 0 Å². The molecule has 0 amide bonds. The van der Waals surface area contributed by atoms with Gasteiger partial charge in [0.1, 0.15) is 0 Å². The highest BCUT2D eigenvalue weighted by molar-refractivity contribution is 5.28. The third-order valence-corrected chi connectivity index (χ3v) is 11.9. The van der Waals surface area contributed by atoms with Gasteiger partial charge in [-0.1, -0.05) is 110 Å². The van der Waals surface area contributed by atoms with E-state index in [2.05, 4.69) is 52.0 Å². The van der Waals surface area contributed by atoms with E-state index in [0.29, 0.717) is 0 Å². The summed E-state index contributed by atoms with van der Waals surface area (Å²) in [5, 5.41) is 0. The molecule has 2 unspecified atom stereocenters. The van der Waals surface area contributed by atoms with Crippen molar-refractivity contribution in [2.45, 2.75) is 162 Å². The van der Waals surface area contributed by atoms with Crippen molar-refractivity contribution in [3.8, 4) is 0 Å². The van der Waals surface area contributed by atoms with Gasteiger partial charge in [-0.25, -0.2) is 0 Å². The van der Waals surface area contributed by atoms with Gasteiger partial charge in [0, 0.05) is 0 Å². The van der Waals surface area contributed by atoms with Gasteiger partial charge < -0.3 is 0 Å². The molecule has 3 aliphatic carbocycles. The van der Waals surface area contributed by atoms with E-state index in [0.717, 1.165) is 47.3 Å². The van der Waals surface area contributed by atoms with Crippen LogP contribution in [0.3, 0.4) is 0 Å².